The zero-order chi connectivity index (χ0) is 15.3. The Bertz CT molecular complexity index is 670. The summed E-state index contributed by atoms with van der Waals surface area (Å²) in [4.78, 5) is 25.7. The number of Topliss-reactive ketones (excluding diaryl/α,β-unsaturated/α-hetero) is 2. The van der Waals surface area contributed by atoms with Gasteiger partial charge >= 0.3 is 0 Å². The van der Waals surface area contributed by atoms with Crippen molar-refractivity contribution in [2.75, 3.05) is 0 Å². The second-order valence-electron chi connectivity index (χ2n) is 7.07. The molecule has 4 unspecified atom stereocenters. The third-order valence-corrected chi connectivity index (χ3v) is 5.75. The maximum atomic E-state index is 12.9. The quantitative estimate of drug-likeness (QED) is 0.615. The lowest BCUT2D eigenvalue weighted by molar-refractivity contribution is 0.0720. The van der Waals surface area contributed by atoms with Crippen molar-refractivity contribution >= 4 is 11.6 Å². The van der Waals surface area contributed by atoms with Crippen molar-refractivity contribution in [1.29, 1.82) is 0 Å². The highest BCUT2D eigenvalue weighted by Crippen LogP contribution is 2.52. The van der Waals surface area contributed by atoms with E-state index in [0.29, 0.717) is 23.0 Å². The Kier molecular flexibility index (Phi) is 3.28. The van der Waals surface area contributed by atoms with Crippen molar-refractivity contribution in [2.45, 2.75) is 39.0 Å². The van der Waals surface area contributed by atoms with E-state index in [1.54, 1.807) is 0 Å². The molecule has 114 valence electrons. The van der Waals surface area contributed by atoms with Gasteiger partial charge in [0, 0.05) is 23.0 Å². The zero-order valence-corrected chi connectivity index (χ0v) is 13.0. The molecular formula is C20H22O2. The number of hydrogen-bond acceptors (Lipinski definition) is 2. The summed E-state index contributed by atoms with van der Waals surface area (Å²) >= 11 is 0. The Balaban J connectivity index is 1.68. The molecule has 1 aromatic carbocycles. The van der Waals surface area contributed by atoms with E-state index in [9.17, 15) is 9.59 Å². The molecule has 1 fully saturated rings. The maximum Gasteiger partial charge on any atom is 0.168 e. The Morgan fingerprint density at radius 3 is 2.32 bits per heavy atom. The Morgan fingerprint density at radius 2 is 1.64 bits per heavy atom. The van der Waals surface area contributed by atoms with Crippen molar-refractivity contribution in [3.8, 4) is 0 Å². The predicted molar refractivity (Wildman–Crippen MR) is 86.0 cm³/mol. The van der Waals surface area contributed by atoms with E-state index < -0.39 is 0 Å². The summed E-state index contributed by atoms with van der Waals surface area (Å²) in [5, 5.41) is 0. The molecule has 1 saturated carbocycles. The van der Waals surface area contributed by atoms with Gasteiger partial charge in [0.2, 0.25) is 0 Å². The molecule has 0 radical (unpaired) electrons. The first-order valence-corrected chi connectivity index (χ1v) is 8.60. The molecule has 0 aliphatic heterocycles. The number of fused-ring (bicyclic) bond motifs is 6. The molecule has 0 heterocycles. The molecule has 0 amide bonds. The summed E-state index contributed by atoms with van der Waals surface area (Å²) in [5.74, 6) is 0.847. The number of benzene rings is 1. The Morgan fingerprint density at radius 1 is 0.955 bits per heavy atom. The van der Waals surface area contributed by atoms with Gasteiger partial charge in [0.05, 0.1) is 0 Å². The number of carbonyl (C=O) groups excluding carboxylic acids is 2. The van der Waals surface area contributed by atoms with E-state index in [1.807, 2.05) is 18.2 Å². The lowest BCUT2D eigenvalue weighted by Gasteiger charge is -2.31. The average molecular weight is 294 g/mol. The smallest absolute Gasteiger partial charge is 0.168 e. The minimum Gasteiger partial charge on any atom is -0.294 e. The molecule has 3 aliphatic rings. The molecule has 4 rings (SSSR count). The van der Waals surface area contributed by atoms with Crippen LogP contribution < -0.4 is 0 Å². The highest BCUT2D eigenvalue weighted by atomic mass is 16.1. The lowest BCUT2D eigenvalue weighted by Crippen LogP contribution is -2.38. The molecule has 1 aromatic rings. The molecule has 2 heteroatoms. The normalized spacial score (nSPS) is 31.5. The highest BCUT2D eigenvalue weighted by Gasteiger charge is 2.54. The first-order chi connectivity index (χ1) is 10.7. The molecule has 4 atom stereocenters. The van der Waals surface area contributed by atoms with E-state index in [4.69, 9.17) is 0 Å². The molecular weight excluding hydrogens is 272 g/mol. The van der Waals surface area contributed by atoms with Gasteiger partial charge in [0.1, 0.15) is 0 Å². The zero-order valence-electron chi connectivity index (χ0n) is 13.0. The standard InChI is InChI=1S/C20H22O2/c1-2-3-4-5-12-6-9-15-16(10-12)20(22)18-14-8-7-13(11-14)17(18)19(15)21/h6-10,13-14,17-18H,2-5,11H2,1H3. The summed E-state index contributed by atoms with van der Waals surface area (Å²) in [6.45, 7) is 2.19. The number of rotatable bonds is 4. The topological polar surface area (TPSA) is 34.1 Å². The van der Waals surface area contributed by atoms with Crippen LogP contribution in [0.4, 0.5) is 0 Å². The van der Waals surface area contributed by atoms with Gasteiger partial charge in [-0.2, -0.15) is 0 Å². The first-order valence-electron chi connectivity index (χ1n) is 8.60. The van der Waals surface area contributed by atoms with Crippen LogP contribution in [0, 0.1) is 23.7 Å². The maximum absolute atomic E-state index is 12.9. The number of carbonyl (C=O) groups is 2. The third-order valence-electron chi connectivity index (χ3n) is 5.75. The molecule has 2 nitrogen and oxygen atoms in total. The van der Waals surface area contributed by atoms with Crippen molar-refractivity contribution in [3.63, 3.8) is 0 Å². The van der Waals surface area contributed by atoms with Crippen LogP contribution in [0.15, 0.2) is 30.4 Å². The van der Waals surface area contributed by atoms with Gasteiger partial charge in [-0.25, -0.2) is 0 Å². The minimum atomic E-state index is -0.0825. The van der Waals surface area contributed by atoms with E-state index in [2.05, 4.69) is 19.1 Å². The Hall–Kier alpha value is -1.70. The van der Waals surface area contributed by atoms with Crippen LogP contribution in [0.25, 0.3) is 0 Å². The number of aryl methyl sites for hydroxylation is 1. The van der Waals surface area contributed by atoms with Gasteiger partial charge < -0.3 is 0 Å². The van der Waals surface area contributed by atoms with Gasteiger partial charge in [0.15, 0.2) is 11.6 Å². The van der Waals surface area contributed by atoms with Gasteiger partial charge in [-0.3, -0.25) is 9.59 Å². The molecule has 2 bridgehead atoms. The number of ketones is 2. The third kappa shape index (κ3) is 1.93. The molecule has 0 spiro atoms. The SMILES string of the molecule is CCCCCc1ccc2c(c1)C(=O)C1C3C=CC(C3)C1C2=O. The molecule has 3 aliphatic carbocycles. The molecule has 22 heavy (non-hydrogen) atoms. The number of allylic oxidation sites excluding steroid dienone is 2. The monoisotopic (exact) mass is 294 g/mol. The average Bonchev–Trinajstić information content (AvgIpc) is 3.14. The minimum absolute atomic E-state index is 0.0825. The number of unbranched alkanes of at least 4 members (excludes halogenated alkanes) is 2. The summed E-state index contributed by atoms with van der Waals surface area (Å²) in [5.41, 5.74) is 2.57. The Labute approximate surface area is 131 Å². The van der Waals surface area contributed by atoms with Crippen LogP contribution in [0.1, 0.15) is 58.9 Å². The predicted octanol–water partition coefficient (Wildman–Crippen LogP) is 4.24. The first kappa shape index (κ1) is 13.9. The molecule has 0 N–H and O–H groups in total. The van der Waals surface area contributed by atoms with Crippen LogP contribution in [0.3, 0.4) is 0 Å². The lowest BCUT2D eigenvalue weighted by atomic mass is 9.69. The van der Waals surface area contributed by atoms with Crippen molar-refractivity contribution in [1.82, 2.24) is 0 Å². The fourth-order valence-electron chi connectivity index (χ4n) is 4.64. The second kappa shape index (κ2) is 5.19. The van der Waals surface area contributed by atoms with E-state index >= 15 is 0 Å². The number of hydrogen-bond donors (Lipinski definition) is 0. The van der Waals surface area contributed by atoms with Crippen LogP contribution in [-0.2, 0) is 6.42 Å². The fraction of sp³-hybridized carbons (Fsp3) is 0.500. The highest BCUT2D eigenvalue weighted by molar-refractivity contribution is 6.16. The molecule has 0 saturated heterocycles. The van der Waals surface area contributed by atoms with E-state index in [-0.39, 0.29) is 23.4 Å². The largest absolute Gasteiger partial charge is 0.294 e. The second-order valence-corrected chi connectivity index (χ2v) is 7.07. The van der Waals surface area contributed by atoms with Crippen LogP contribution in [0.2, 0.25) is 0 Å². The van der Waals surface area contributed by atoms with Gasteiger partial charge in [-0.1, -0.05) is 44.1 Å². The van der Waals surface area contributed by atoms with Crippen molar-refractivity contribution in [3.05, 3.63) is 47.0 Å². The molecule has 0 aromatic heterocycles. The summed E-state index contributed by atoms with van der Waals surface area (Å²) in [6.07, 6.45) is 9.86. The van der Waals surface area contributed by atoms with Crippen LogP contribution in [-0.4, -0.2) is 11.6 Å². The van der Waals surface area contributed by atoms with Gasteiger partial charge in [-0.15, -0.1) is 0 Å². The summed E-state index contributed by atoms with van der Waals surface area (Å²) in [6, 6.07) is 5.95. The van der Waals surface area contributed by atoms with Crippen molar-refractivity contribution < 1.29 is 9.59 Å². The van der Waals surface area contributed by atoms with E-state index in [0.717, 1.165) is 19.3 Å². The van der Waals surface area contributed by atoms with Gasteiger partial charge in [0.25, 0.3) is 0 Å². The van der Waals surface area contributed by atoms with Crippen LogP contribution >= 0.6 is 0 Å². The van der Waals surface area contributed by atoms with Gasteiger partial charge in [-0.05, 0) is 42.7 Å². The van der Waals surface area contributed by atoms with Crippen molar-refractivity contribution in [2.24, 2.45) is 23.7 Å². The summed E-state index contributed by atoms with van der Waals surface area (Å²) in [7, 11) is 0. The van der Waals surface area contributed by atoms with Crippen LogP contribution in [0.5, 0.6) is 0 Å². The summed E-state index contributed by atoms with van der Waals surface area (Å²) < 4.78 is 0. The van der Waals surface area contributed by atoms with E-state index in [1.165, 1.54) is 18.4 Å². The fourth-order valence-corrected chi connectivity index (χ4v) is 4.64.